The second kappa shape index (κ2) is 7.32. The molecule has 0 unspecified atom stereocenters. The molecule has 1 aliphatic carbocycles. The summed E-state index contributed by atoms with van der Waals surface area (Å²) in [4.78, 5) is 11.5. The molecule has 110 valence electrons. The second-order valence-electron chi connectivity index (χ2n) is 5.84. The molecule has 2 atom stereocenters. The Morgan fingerprint density at radius 2 is 1.90 bits per heavy atom. The standard InChI is InChI=1S/C17H26N2O/c1-3-13-5-4-6-14(11-13)12-19-16-9-7-15(8-10-16)17(20)18-2/h7-10,13-14,19H,3-6,11-12H2,1-2H3,(H,18,20)/t13-,14-/m1/s1. The molecule has 0 aliphatic heterocycles. The summed E-state index contributed by atoms with van der Waals surface area (Å²) in [6, 6.07) is 7.73. The highest BCUT2D eigenvalue weighted by atomic mass is 16.1. The maximum Gasteiger partial charge on any atom is 0.251 e. The van der Waals surface area contributed by atoms with Gasteiger partial charge in [-0.1, -0.05) is 26.2 Å². The third kappa shape index (κ3) is 3.99. The van der Waals surface area contributed by atoms with E-state index in [0.29, 0.717) is 5.56 Å². The fourth-order valence-electron chi connectivity index (χ4n) is 3.10. The first kappa shape index (κ1) is 14.9. The van der Waals surface area contributed by atoms with Crippen LogP contribution in [0.3, 0.4) is 0 Å². The molecule has 0 heterocycles. The quantitative estimate of drug-likeness (QED) is 0.860. The van der Waals surface area contributed by atoms with E-state index in [4.69, 9.17) is 0 Å². The second-order valence-corrected chi connectivity index (χ2v) is 5.84. The Balaban J connectivity index is 1.83. The van der Waals surface area contributed by atoms with Crippen molar-refractivity contribution < 1.29 is 4.79 Å². The Hall–Kier alpha value is -1.51. The summed E-state index contributed by atoms with van der Waals surface area (Å²) in [6.07, 6.45) is 6.81. The van der Waals surface area contributed by atoms with Crippen molar-refractivity contribution >= 4 is 11.6 Å². The van der Waals surface area contributed by atoms with Gasteiger partial charge in [0.25, 0.3) is 5.91 Å². The molecule has 0 aromatic heterocycles. The molecule has 0 saturated heterocycles. The van der Waals surface area contributed by atoms with Crippen molar-refractivity contribution in [1.29, 1.82) is 0 Å². The normalized spacial score (nSPS) is 22.3. The number of rotatable bonds is 5. The van der Waals surface area contributed by atoms with Gasteiger partial charge in [0.05, 0.1) is 0 Å². The van der Waals surface area contributed by atoms with Crippen LogP contribution in [0.4, 0.5) is 5.69 Å². The molecule has 1 saturated carbocycles. The Morgan fingerprint density at radius 3 is 2.55 bits per heavy atom. The number of amides is 1. The van der Waals surface area contributed by atoms with Crippen LogP contribution in [0.2, 0.25) is 0 Å². The number of hydrogen-bond donors (Lipinski definition) is 2. The minimum absolute atomic E-state index is 0.0328. The van der Waals surface area contributed by atoms with Crippen molar-refractivity contribution in [2.45, 2.75) is 39.0 Å². The SMILES string of the molecule is CC[C@@H]1CCC[C@@H](CNc2ccc(C(=O)NC)cc2)C1. The van der Waals surface area contributed by atoms with Gasteiger partial charge in [0, 0.05) is 24.8 Å². The van der Waals surface area contributed by atoms with Gasteiger partial charge in [-0.25, -0.2) is 0 Å². The number of benzene rings is 1. The zero-order chi connectivity index (χ0) is 14.4. The van der Waals surface area contributed by atoms with E-state index in [1.807, 2.05) is 24.3 Å². The zero-order valence-corrected chi connectivity index (χ0v) is 12.6. The third-order valence-corrected chi connectivity index (χ3v) is 4.44. The van der Waals surface area contributed by atoms with Gasteiger partial charge < -0.3 is 10.6 Å². The van der Waals surface area contributed by atoms with Crippen molar-refractivity contribution in [3.8, 4) is 0 Å². The van der Waals surface area contributed by atoms with Crippen LogP contribution in [-0.4, -0.2) is 19.5 Å². The van der Waals surface area contributed by atoms with Crippen molar-refractivity contribution in [1.82, 2.24) is 5.32 Å². The number of nitrogens with one attached hydrogen (secondary N) is 2. The van der Waals surface area contributed by atoms with E-state index >= 15 is 0 Å². The van der Waals surface area contributed by atoms with Crippen molar-refractivity contribution in [2.75, 3.05) is 18.9 Å². The zero-order valence-electron chi connectivity index (χ0n) is 12.6. The molecule has 2 N–H and O–H groups in total. The summed E-state index contributed by atoms with van der Waals surface area (Å²) >= 11 is 0. The van der Waals surface area contributed by atoms with E-state index in [2.05, 4.69) is 17.6 Å². The van der Waals surface area contributed by atoms with E-state index < -0.39 is 0 Å². The summed E-state index contributed by atoms with van der Waals surface area (Å²) in [5.41, 5.74) is 1.82. The molecule has 1 aromatic carbocycles. The van der Waals surface area contributed by atoms with E-state index in [9.17, 15) is 4.79 Å². The average Bonchev–Trinajstić information content (AvgIpc) is 2.53. The van der Waals surface area contributed by atoms with Gasteiger partial charge >= 0.3 is 0 Å². The lowest BCUT2D eigenvalue weighted by Crippen LogP contribution is -2.22. The molecule has 1 aromatic rings. The summed E-state index contributed by atoms with van der Waals surface area (Å²) in [5, 5.41) is 6.15. The number of carbonyl (C=O) groups excluding carboxylic acids is 1. The van der Waals surface area contributed by atoms with Gasteiger partial charge in [-0.3, -0.25) is 4.79 Å². The van der Waals surface area contributed by atoms with Crippen molar-refractivity contribution in [2.24, 2.45) is 11.8 Å². The van der Waals surface area contributed by atoms with Crippen LogP contribution in [-0.2, 0) is 0 Å². The highest BCUT2D eigenvalue weighted by Crippen LogP contribution is 2.31. The van der Waals surface area contributed by atoms with Gasteiger partial charge in [-0.05, 0) is 48.9 Å². The maximum atomic E-state index is 11.5. The fraction of sp³-hybridized carbons (Fsp3) is 0.588. The Kier molecular flexibility index (Phi) is 5.45. The molecule has 2 rings (SSSR count). The van der Waals surface area contributed by atoms with Crippen molar-refractivity contribution in [3.63, 3.8) is 0 Å². The lowest BCUT2D eigenvalue weighted by atomic mass is 9.80. The van der Waals surface area contributed by atoms with E-state index in [1.54, 1.807) is 7.05 Å². The van der Waals surface area contributed by atoms with E-state index in [-0.39, 0.29) is 5.91 Å². The minimum Gasteiger partial charge on any atom is -0.385 e. The molecule has 3 nitrogen and oxygen atoms in total. The average molecular weight is 274 g/mol. The largest absolute Gasteiger partial charge is 0.385 e. The van der Waals surface area contributed by atoms with Crippen LogP contribution in [0.25, 0.3) is 0 Å². The van der Waals surface area contributed by atoms with Crippen LogP contribution >= 0.6 is 0 Å². The molecule has 0 bridgehead atoms. The first-order chi connectivity index (χ1) is 9.72. The topological polar surface area (TPSA) is 41.1 Å². The van der Waals surface area contributed by atoms with E-state index in [0.717, 1.165) is 24.1 Å². The molecular formula is C17H26N2O. The smallest absolute Gasteiger partial charge is 0.251 e. The van der Waals surface area contributed by atoms with Gasteiger partial charge in [0.1, 0.15) is 0 Å². The van der Waals surface area contributed by atoms with Gasteiger partial charge in [0.15, 0.2) is 0 Å². The van der Waals surface area contributed by atoms with Gasteiger partial charge in [-0.15, -0.1) is 0 Å². The first-order valence-corrected chi connectivity index (χ1v) is 7.79. The maximum absolute atomic E-state index is 11.5. The lowest BCUT2D eigenvalue weighted by molar-refractivity contribution is 0.0963. The monoisotopic (exact) mass is 274 g/mol. The minimum atomic E-state index is -0.0328. The molecule has 0 radical (unpaired) electrons. The predicted octanol–water partition coefficient (Wildman–Crippen LogP) is 3.67. The molecule has 1 fully saturated rings. The summed E-state index contributed by atoms with van der Waals surface area (Å²) in [7, 11) is 1.65. The molecule has 1 aliphatic rings. The molecule has 0 spiro atoms. The van der Waals surface area contributed by atoms with E-state index in [1.165, 1.54) is 32.1 Å². The third-order valence-electron chi connectivity index (χ3n) is 4.44. The van der Waals surface area contributed by atoms with Crippen molar-refractivity contribution in [3.05, 3.63) is 29.8 Å². The summed E-state index contributed by atoms with van der Waals surface area (Å²) in [5.74, 6) is 1.69. The fourth-order valence-corrected chi connectivity index (χ4v) is 3.10. The van der Waals surface area contributed by atoms with Crippen LogP contribution in [0, 0.1) is 11.8 Å². The van der Waals surface area contributed by atoms with Crippen LogP contribution in [0.15, 0.2) is 24.3 Å². The molecular weight excluding hydrogens is 248 g/mol. The van der Waals surface area contributed by atoms with Gasteiger partial charge in [0.2, 0.25) is 0 Å². The van der Waals surface area contributed by atoms with Gasteiger partial charge in [-0.2, -0.15) is 0 Å². The first-order valence-electron chi connectivity index (χ1n) is 7.79. The predicted molar refractivity (Wildman–Crippen MR) is 84.1 cm³/mol. The summed E-state index contributed by atoms with van der Waals surface area (Å²) < 4.78 is 0. The highest BCUT2D eigenvalue weighted by Gasteiger charge is 2.20. The molecule has 20 heavy (non-hydrogen) atoms. The number of anilines is 1. The molecule has 3 heteroatoms. The number of carbonyl (C=O) groups is 1. The van der Waals surface area contributed by atoms with Crippen LogP contribution in [0.1, 0.15) is 49.4 Å². The Bertz CT molecular complexity index is 427. The van der Waals surface area contributed by atoms with Crippen LogP contribution in [0.5, 0.6) is 0 Å². The highest BCUT2D eigenvalue weighted by molar-refractivity contribution is 5.94. The summed E-state index contributed by atoms with van der Waals surface area (Å²) in [6.45, 7) is 3.35. The Morgan fingerprint density at radius 1 is 1.20 bits per heavy atom. The Labute approximate surface area is 122 Å². The lowest BCUT2D eigenvalue weighted by Gasteiger charge is -2.28. The van der Waals surface area contributed by atoms with Crippen LogP contribution < -0.4 is 10.6 Å². The number of hydrogen-bond acceptors (Lipinski definition) is 2. The molecule has 1 amide bonds.